The maximum Gasteiger partial charge on any atom is 0.266 e. The number of nitrogens with zero attached hydrogens (tertiary/aromatic N) is 9. The molecular formula is C26H31Cl2N9. The van der Waals surface area contributed by atoms with Crippen molar-refractivity contribution in [3.63, 3.8) is 0 Å². The summed E-state index contributed by atoms with van der Waals surface area (Å²) >= 11 is 12.7. The first-order chi connectivity index (χ1) is 17.8. The summed E-state index contributed by atoms with van der Waals surface area (Å²) in [5.41, 5.74) is 3.99. The highest BCUT2D eigenvalue weighted by atomic mass is 35.5. The highest BCUT2D eigenvalue weighted by molar-refractivity contribution is 6.34. The van der Waals surface area contributed by atoms with Crippen LogP contribution in [0.1, 0.15) is 42.5 Å². The Bertz CT molecular complexity index is 1400. The number of aryl methyl sites for hydroxylation is 3. The fourth-order valence-electron chi connectivity index (χ4n) is 4.96. The zero-order valence-corrected chi connectivity index (χ0v) is 22.9. The average molecular weight is 541 g/mol. The van der Waals surface area contributed by atoms with Gasteiger partial charge in [0.1, 0.15) is 5.82 Å². The summed E-state index contributed by atoms with van der Waals surface area (Å²) in [7, 11) is 3.74. The first kappa shape index (κ1) is 24.4. The van der Waals surface area contributed by atoms with Crippen molar-refractivity contribution in [2.45, 2.75) is 45.7 Å². The normalized spacial score (nSPS) is 15.5. The number of anilines is 2. The lowest BCUT2D eigenvalue weighted by molar-refractivity contribution is 0.628. The predicted molar refractivity (Wildman–Crippen MR) is 146 cm³/mol. The van der Waals surface area contributed by atoms with Gasteiger partial charge in [-0.3, -0.25) is 4.68 Å². The van der Waals surface area contributed by atoms with Gasteiger partial charge in [-0.15, -0.1) is 5.10 Å². The second-order valence-electron chi connectivity index (χ2n) is 10.6. The molecule has 0 spiro atoms. The van der Waals surface area contributed by atoms with Gasteiger partial charge in [0.2, 0.25) is 0 Å². The lowest BCUT2D eigenvalue weighted by Gasteiger charge is -2.29. The number of halogens is 2. The molecule has 0 radical (unpaired) electrons. The molecular weight excluding hydrogens is 509 g/mol. The Labute approximate surface area is 226 Å². The highest BCUT2D eigenvalue weighted by Gasteiger charge is 2.32. The molecule has 3 heterocycles. The van der Waals surface area contributed by atoms with Crippen LogP contribution in [0, 0.1) is 18.8 Å². The number of benzene rings is 1. The molecule has 11 heteroatoms. The molecule has 0 unspecified atom stereocenters. The van der Waals surface area contributed by atoms with Crippen LogP contribution in [-0.2, 0) is 27.2 Å². The van der Waals surface area contributed by atoms with Crippen molar-refractivity contribution in [3.05, 3.63) is 51.1 Å². The SMILES string of the molecule is Cc1nn(C)c2nc(N(CC3CC3)CC3CC3)c(CN(Cc3cc(Cl)cc(Cl)c3)c3nnn(C)n3)cc12. The van der Waals surface area contributed by atoms with E-state index in [9.17, 15) is 0 Å². The van der Waals surface area contributed by atoms with Crippen molar-refractivity contribution in [1.82, 2.24) is 35.0 Å². The Kier molecular flexibility index (Phi) is 6.44. The first-order valence-corrected chi connectivity index (χ1v) is 13.6. The van der Waals surface area contributed by atoms with E-state index in [2.05, 4.69) is 36.4 Å². The lowest BCUT2D eigenvalue weighted by Crippen LogP contribution is -2.32. The van der Waals surface area contributed by atoms with Crippen molar-refractivity contribution in [3.8, 4) is 0 Å². The summed E-state index contributed by atoms with van der Waals surface area (Å²) in [5, 5.41) is 19.9. The van der Waals surface area contributed by atoms with Gasteiger partial charge in [-0.1, -0.05) is 28.3 Å². The van der Waals surface area contributed by atoms with Gasteiger partial charge in [0.05, 0.1) is 12.7 Å². The van der Waals surface area contributed by atoms with Crippen molar-refractivity contribution in [1.29, 1.82) is 0 Å². The Morgan fingerprint density at radius 3 is 2.16 bits per heavy atom. The molecule has 9 nitrogen and oxygen atoms in total. The molecule has 3 aromatic heterocycles. The van der Waals surface area contributed by atoms with Crippen molar-refractivity contribution < 1.29 is 0 Å². The van der Waals surface area contributed by atoms with E-state index in [1.807, 2.05) is 30.8 Å². The van der Waals surface area contributed by atoms with Gasteiger partial charge in [0.25, 0.3) is 5.95 Å². The summed E-state index contributed by atoms with van der Waals surface area (Å²) in [6.45, 7) is 5.23. The van der Waals surface area contributed by atoms with Crippen LogP contribution in [0.15, 0.2) is 24.3 Å². The zero-order valence-electron chi connectivity index (χ0n) is 21.4. The van der Waals surface area contributed by atoms with Crippen LogP contribution < -0.4 is 9.80 Å². The summed E-state index contributed by atoms with van der Waals surface area (Å²) in [5.74, 6) is 3.09. The van der Waals surface area contributed by atoms with Gasteiger partial charge in [-0.2, -0.15) is 9.90 Å². The standard InChI is InChI=1S/C26H31Cl2N9/c1-16-23-10-20(15-37(26-30-33-35(3)32-26)14-19-8-21(27)11-22(28)9-19)24(29-25(23)34(2)31-16)36(12-17-4-5-17)13-18-6-7-18/h8-11,17-18H,4-7,12-15H2,1-3H3. The minimum absolute atomic E-state index is 0.528. The first-order valence-electron chi connectivity index (χ1n) is 12.8. The third-order valence-electron chi connectivity index (χ3n) is 7.14. The van der Waals surface area contributed by atoms with Crippen LogP contribution in [0.25, 0.3) is 11.0 Å². The number of pyridine rings is 1. The van der Waals surface area contributed by atoms with E-state index in [4.69, 9.17) is 28.2 Å². The maximum absolute atomic E-state index is 6.33. The zero-order chi connectivity index (χ0) is 25.7. The van der Waals surface area contributed by atoms with E-state index < -0.39 is 0 Å². The molecule has 4 aromatic rings. The molecule has 6 rings (SSSR count). The van der Waals surface area contributed by atoms with Gasteiger partial charge in [-0.25, -0.2) is 4.98 Å². The van der Waals surface area contributed by atoms with Crippen molar-refractivity contribution in [2.75, 3.05) is 22.9 Å². The number of fused-ring (bicyclic) bond motifs is 1. The third kappa shape index (κ3) is 5.52. The molecule has 0 bridgehead atoms. The van der Waals surface area contributed by atoms with Crippen LogP contribution in [0.5, 0.6) is 0 Å². The number of rotatable bonds is 10. The van der Waals surface area contributed by atoms with E-state index in [0.29, 0.717) is 29.1 Å². The molecule has 0 atom stereocenters. The Morgan fingerprint density at radius 2 is 1.57 bits per heavy atom. The molecule has 0 amide bonds. The van der Waals surface area contributed by atoms with E-state index in [-0.39, 0.29) is 0 Å². The summed E-state index contributed by atoms with van der Waals surface area (Å²) in [4.78, 5) is 11.3. The van der Waals surface area contributed by atoms with E-state index in [1.54, 1.807) is 13.1 Å². The monoisotopic (exact) mass is 539 g/mol. The number of tetrazole rings is 1. The largest absolute Gasteiger partial charge is 0.356 e. The molecule has 2 fully saturated rings. The molecule has 0 aliphatic heterocycles. The van der Waals surface area contributed by atoms with Crippen LogP contribution in [0.3, 0.4) is 0 Å². The van der Waals surface area contributed by atoms with Crippen LogP contribution in [0.4, 0.5) is 11.8 Å². The molecule has 194 valence electrons. The summed E-state index contributed by atoms with van der Waals surface area (Å²) in [6, 6.07) is 7.85. The molecule has 0 N–H and O–H groups in total. The molecule has 2 aliphatic carbocycles. The molecule has 2 saturated carbocycles. The van der Waals surface area contributed by atoms with E-state index in [0.717, 1.165) is 58.6 Å². The van der Waals surface area contributed by atoms with Crippen molar-refractivity contribution in [2.24, 2.45) is 25.9 Å². The lowest BCUT2D eigenvalue weighted by atomic mass is 10.1. The Balaban J connectivity index is 1.42. The van der Waals surface area contributed by atoms with E-state index >= 15 is 0 Å². The topological polar surface area (TPSA) is 80.8 Å². The van der Waals surface area contributed by atoms with E-state index in [1.165, 1.54) is 30.5 Å². The summed E-state index contributed by atoms with van der Waals surface area (Å²) < 4.78 is 1.89. The highest BCUT2D eigenvalue weighted by Crippen LogP contribution is 2.37. The Hall–Kier alpha value is -2.91. The minimum Gasteiger partial charge on any atom is -0.356 e. The number of aromatic nitrogens is 7. The third-order valence-corrected chi connectivity index (χ3v) is 7.58. The molecule has 2 aliphatic rings. The predicted octanol–water partition coefficient (Wildman–Crippen LogP) is 4.94. The van der Waals surface area contributed by atoms with Crippen LogP contribution in [0.2, 0.25) is 10.0 Å². The smallest absolute Gasteiger partial charge is 0.266 e. The maximum atomic E-state index is 6.33. The Morgan fingerprint density at radius 1 is 0.892 bits per heavy atom. The van der Waals surface area contributed by atoms with Gasteiger partial charge in [0, 0.05) is 54.2 Å². The van der Waals surface area contributed by atoms with Gasteiger partial charge in [-0.05, 0) is 79.5 Å². The number of hydrogen-bond donors (Lipinski definition) is 0. The average Bonchev–Trinajstić information content (AvgIpc) is 3.76. The van der Waals surface area contributed by atoms with Crippen LogP contribution >= 0.6 is 23.2 Å². The summed E-state index contributed by atoms with van der Waals surface area (Å²) in [6.07, 6.45) is 5.20. The van der Waals surface area contributed by atoms with Gasteiger partial charge in [0.15, 0.2) is 5.65 Å². The number of hydrogen-bond acceptors (Lipinski definition) is 7. The van der Waals surface area contributed by atoms with Gasteiger partial charge >= 0.3 is 0 Å². The molecule has 1 aromatic carbocycles. The van der Waals surface area contributed by atoms with Crippen molar-refractivity contribution >= 4 is 46.0 Å². The second kappa shape index (κ2) is 9.76. The fraction of sp³-hybridized carbons (Fsp3) is 0.500. The fourth-order valence-corrected chi connectivity index (χ4v) is 5.53. The molecule has 0 saturated heterocycles. The van der Waals surface area contributed by atoms with Crippen LogP contribution in [-0.4, -0.2) is 48.1 Å². The minimum atomic E-state index is 0.528. The second-order valence-corrected chi connectivity index (χ2v) is 11.4. The molecule has 37 heavy (non-hydrogen) atoms. The van der Waals surface area contributed by atoms with Gasteiger partial charge < -0.3 is 9.80 Å². The quantitative estimate of drug-likeness (QED) is 0.282.